The number of amides is 2. The third-order valence-corrected chi connectivity index (χ3v) is 4.89. The van der Waals surface area contributed by atoms with Crippen LogP contribution in [0.4, 0.5) is 0 Å². The van der Waals surface area contributed by atoms with Crippen molar-refractivity contribution < 1.29 is 9.59 Å². The topological polar surface area (TPSA) is 80.1 Å². The van der Waals surface area contributed by atoms with Gasteiger partial charge < -0.3 is 10.2 Å². The molecule has 0 bridgehead atoms. The fourth-order valence-electron chi connectivity index (χ4n) is 3.35. The first-order chi connectivity index (χ1) is 12.2. The number of hydrogen-bond donors (Lipinski definition) is 1. The van der Waals surface area contributed by atoms with E-state index in [0.29, 0.717) is 32.1 Å². The van der Waals surface area contributed by atoms with E-state index in [-0.39, 0.29) is 17.7 Å². The molecule has 4 rings (SSSR count). The summed E-state index contributed by atoms with van der Waals surface area (Å²) in [5, 5.41) is 7.12. The van der Waals surface area contributed by atoms with Gasteiger partial charge in [0.15, 0.2) is 0 Å². The highest BCUT2D eigenvalue weighted by atomic mass is 16.2. The number of carbonyl (C=O) groups is 2. The fraction of sp³-hybridized carbons (Fsp3) is 0.444. The molecule has 25 heavy (non-hydrogen) atoms. The summed E-state index contributed by atoms with van der Waals surface area (Å²) in [6.45, 7) is 1.64. The van der Waals surface area contributed by atoms with Gasteiger partial charge in [-0.05, 0) is 24.0 Å². The molecular formula is C18H21N5O2. The quantitative estimate of drug-likeness (QED) is 0.850. The number of carbonyl (C=O) groups excluding carboxylic acids is 2. The number of rotatable bonds is 6. The summed E-state index contributed by atoms with van der Waals surface area (Å²) in [7, 11) is 0. The molecule has 7 nitrogen and oxygen atoms in total. The standard InChI is InChI=1S/C18H21N5O2/c24-17-7-15(10-23(17)16-5-6-16)18(25)20-8-13-3-1-2-4-14(13)9-22-12-19-11-21-22/h1-4,11-12,15-16H,5-10H2,(H,20,25). The van der Waals surface area contributed by atoms with Crippen molar-refractivity contribution in [1.82, 2.24) is 25.0 Å². The summed E-state index contributed by atoms with van der Waals surface area (Å²) in [5.41, 5.74) is 2.14. The lowest BCUT2D eigenvalue weighted by molar-refractivity contribution is -0.129. The molecule has 1 aromatic heterocycles. The molecule has 1 saturated carbocycles. The van der Waals surface area contributed by atoms with Crippen molar-refractivity contribution in [3.05, 3.63) is 48.0 Å². The van der Waals surface area contributed by atoms with Gasteiger partial charge in [-0.15, -0.1) is 0 Å². The van der Waals surface area contributed by atoms with Gasteiger partial charge in [0.2, 0.25) is 11.8 Å². The van der Waals surface area contributed by atoms with Crippen molar-refractivity contribution in [2.24, 2.45) is 5.92 Å². The summed E-state index contributed by atoms with van der Waals surface area (Å²) in [6, 6.07) is 8.34. The zero-order valence-corrected chi connectivity index (χ0v) is 14.0. The van der Waals surface area contributed by atoms with Crippen molar-refractivity contribution >= 4 is 11.8 Å². The molecule has 1 atom stereocenters. The first-order valence-corrected chi connectivity index (χ1v) is 8.67. The van der Waals surface area contributed by atoms with Crippen LogP contribution in [0.2, 0.25) is 0 Å². The van der Waals surface area contributed by atoms with E-state index in [2.05, 4.69) is 15.4 Å². The fourth-order valence-corrected chi connectivity index (χ4v) is 3.35. The third-order valence-electron chi connectivity index (χ3n) is 4.89. The van der Waals surface area contributed by atoms with Crippen molar-refractivity contribution in [1.29, 1.82) is 0 Å². The van der Waals surface area contributed by atoms with Crippen molar-refractivity contribution in [3.8, 4) is 0 Å². The summed E-state index contributed by atoms with van der Waals surface area (Å²) < 4.78 is 1.75. The lowest BCUT2D eigenvalue weighted by Gasteiger charge is -2.16. The second-order valence-corrected chi connectivity index (χ2v) is 6.76. The Labute approximate surface area is 146 Å². The first-order valence-electron chi connectivity index (χ1n) is 8.67. The second kappa shape index (κ2) is 6.66. The number of benzene rings is 1. The smallest absolute Gasteiger partial charge is 0.225 e. The number of likely N-dealkylation sites (tertiary alicyclic amines) is 1. The molecule has 1 unspecified atom stereocenters. The van der Waals surface area contributed by atoms with Gasteiger partial charge in [-0.25, -0.2) is 9.67 Å². The SMILES string of the molecule is O=C(NCc1ccccc1Cn1cncn1)C1CC(=O)N(C2CC2)C1. The van der Waals surface area contributed by atoms with Crippen molar-refractivity contribution in [2.75, 3.05) is 6.54 Å². The third kappa shape index (κ3) is 3.55. The minimum absolute atomic E-state index is 0.0351. The number of aromatic nitrogens is 3. The second-order valence-electron chi connectivity index (χ2n) is 6.76. The molecule has 7 heteroatoms. The summed E-state index contributed by atoms with van der Waals surface area (Å²) in [6.07, 6.45) is 5.67. The molecule has 2 aromatic rings. The normalized spacial score (nSPS) is 20.1. The number of nitrogens with zero attached hydrogens (tertiary/aromatic N) is 4. The average molecular weight is 339 g/mol. The lowest BCUT2D eigenvalue weighted by atomic mass is 10.1. The van der Waals surface area contributed by atoms with Gasteiger partial charge in [0.05, 0.1) is 12.5 Å². The van der Waals surface area contributed by atoms with Crippen LogP contribution >= 0.6 is 0 Å². The Morgan fingerprint density at radius 1 is 1.24 bits per heavy atom. The van der Waals surface area contributed by atoms with Crippen LogP contribution in [0.25, 0.3) is 0 Å². The highest BCUT2D eigenvalue weighted by Gasteiger charge is 2.41. The molecule has 130 valence electrons. The Morgan fingerprint density at radius 2 is 2.04 bits per heavy atom. The van der Waals surface area contributed by atoms with E-state index < -0.39 is 0 Å². The number of nitrogens with one attached hydrogen (secondary N) is 1. The van der Waals surface area contributed by atoms with E-state index in [4.69, 9.17) is 0 Å². The van der Waals surface area contributed by atoms with Crippen LogP contribution in [0.3, 0.4) is 0 Å². The average Bonchev–Trinajstić information content (AvgIpc) is 3.19. The van der Waals surface area contributed by atoms with Crippen LogP contribution in [0, 0.1) is 5.92 Å². The van der Waals surface area contributed by atoms with E-state index in [0.717, 1.165) is 24.0 Å². The van der Waals surface area contributed by atoms with Crippen LogP contribution in [0.1, 0.15) is 30.4 Å². The summed E-state index contributed by atoms with van der Waals surface area (Å²) in [4.78, 5) is 30.3. The van der Waals surface area contributed by atoms with Crippen LogP contribution in [0.15, 0.2) is 36.9 Å². The Bertz CT molecular complexity index is 770. The Kier molecular flexibility index (Phi) is 4.21. The van der Waals surface area contributed by atoms with E-state index in [1.54, 1.807) is 11.0 Å². The van der Waals surface area contributed by atoms with Crippen LogP contribution < -0.4 is 5.32 Å². The van der Waals surface area contributed by atoms with E-state index >= 15 is 0 Å². The highest BCUT2D eigenvalue weighted by molar-refractivity contribution is 5.89. The molecule has 2 heterocycles. The first kappa shape index (κ1) is 15.8. The van der Waals surface area contributed by atoms with E-state index in [1.807, 2.05) is 29.2 Å². The molecule has 1 aliphatic carbocycles. The molecule has 0 spiro atoms. The molecule has 2 amide bonds. The van der Waals surface area contributed by atoms with Gasteiger partial charge in [0, 0.05) is 25.6 Å². The Balaban J connectivity index is 1.36. The van der Waals surface area contributed by atoms with Gasteiger partial charge >= 0.3 is 0 Å². The minimum atomic E-state index is -0.226. The van der Waals surface area contributed by atoms with Gasteiger partial charge in [0.25, 0.3) is 0 Å². The zero-order valence-electron chi connectivity index (χ0n) is 14.0. The lowest BCUT2D eigenvalue weighted by Crippen LogP contribution is -2.33. The Hall–Kier alpha value is -2.70. The zero-order chi connectivity index (χ0) is 17.2. The highest BCUT2D eigenvalue weighted by Crippen LogP contribution is 2.32. The minimum Gasteiger partial charge on any atom is -0.352 e. The van der Waals surface area contributed by atoms with Crippen molar-refractivity contribution in [2.45, 2.75) is 38.4 Å². The molecule has 1 aromatic carbocycles. The van der Waals surface area contributed by atoms with E-state index in [9.17, 15) is 9.59 Å². The van der Waals surface area contributed by atoms with Gasteiger partial charge in [0.1, 0.15) is 12.7 Å². The molecule has 1 saturated heterocycles. The van der Waals surface area contributed by atoms with Gasteiger partial charge in [-0.3, -0.25) is 9.59 Å². The van der Waals surface area contributed by atoms with Gasteiger partial charge in [-0.1, -0.05) is 24.3 Å². The van der Waals surface area contributed by atoms with Crippen LogP contribution in [-0.2, 0) is 22.7 Å². The molecular weight excluding hydrogens is 318 g/mol. The molecule has 2 fully saturated rings. The molecule has 2 aliphatic rings. The predicted molar refractivity (Wildman–Crippen MR) is 90.3 cm³/mol. The monoisotopic (exact) mass is 339 g/mol. The van der Waals surface area contributed by atoms with E-state index in [1.165, 1.54) is 6.33 Å². The maximum absolute atomic E-state index is 12.5. The maximum Gasteiger partial charge on any atom is 0.225 e. The summed E-state index contributed by atoms with van der Waals surface area (Å²) in [5.74, 6) is -0.142. The molecule has 1 aliphatic heterocycles. The number of hydrogen-bond acceptors (Lipinski definition) is 4. The van der Waals surface area contributed by atoms with Crippen LogP contribution in [0.5, 0.6) is 0 Å². The largest absolute Gasteiger partial charge is 0.352 e. The van der Waals surface area contributed by atoms with Gasteiger partial charge in [-0.2, -0.15) is 5.10 Å². The van der Waals surface area contributed by atoms with Crippen LogP contribution in [-0.4, -0.2) is 44.1 Å². The Morgan fingerprint density at radius 3 is 2.76 bits per heavy atom. The molecule has 0 radical (unpaired) electrons. The predicted octanol–water partition coefficient (Wildman–Crippen LogP) is 0.953. The summed E-state index contributed by atoms with van der Waals surface area (Å²) >= 11 is 0. The maximum atomic E-state index is 12.5. The van der Waals surface area contributed by atoms with Crippen molar-refractivity contribution in [3.63, 3.8) is 0 Å². The molecule has 1 N–H and O–H groups in total.